The first-order valence-corrected chi connectivity index (χ1v) is 7.50. The minimum atomic E-state index is -0.181. The van der Waals surface area contributed by atoms with Crippen LogP contribution in [0, 0.1) is 5.82 Å². The molecule has 0 radical (unpaired) electrons. The minimum absolute atomic E-state index is 0.181. The molecule has 0 atom stereocenters. The molecule has 1 saturated carbocycles. The molecule has 0 aliphatic heterocycles. The highest BCUT2D eigenvalue weighted by molar-refractivity contribution is 7.98. The Balaban J connectivity index is 1.60. The normalized spacial score (nSPS) is 15.1. The van der Waals surface area contributed by atoms with Crippen molar-refractivity contribution in [3.63, 3.8) is 0 Å². The minimum Gasteiger partial charge on any atom is -0.245 e. The van der Waals surface area contributed by atoms with Crippen LogP contribution < -0.4 is 0 Å². The number of rotatable bonds is 4. The van der Waals surface area contributed by atoms with Crippen LogP contribution in [0.25, 0.3) is 0 Å². The van der Waals surface area contributed by atoms with Gasteiger partial charge in [-0.2, -0.15) is 0 Å². The van der Waals surface area contributed by atoms with Crippen LogP contribution in [-0.2, 0) is 5.75 Å². The molecule has 1 fully saturated rings. The van der Waals surface area contributed by atoms with E-state index < -0.39 is 0 Å². The molecule has 0 amide bonds. The van der Waals surface area contributed by atoms with Crippen molar-refractivity contribution in [2.45, 2.75) is 29.4 Å². The molecule has 1 aromatic heterocycles. The predicted molar refractivity (Wildman–Crippen MR) is 70.1 cm³/mol. The van der Waals surface area contributed by atoms with Crippen molar-refractivity contribution < 1.29 is 4.39 Å². The third kappa shape index (κ3) is 2.87. The van der Waals surface area contributed by atoms with Crippen LogP contribution in [0.4, 0.5) is 4.39 Å². The molecule has 0 unspecified atom stereocenters. The van der Waals surface area contributed by atoms with E-state index in [2.05, 4.69) is 10.4 Å². The fourth-order valence-electron chi connectivity index (χ4n) is 1.63. The summed E-state index contributed by atoms with van der Waals surface area (Å²) in [5.74, 6) is 1.43. The van der Waals surface area contributed by atoms with Crippen LogP contribution in [0.15, 0.2) is 34.5 Å². The van der Waals surface area contributed by atoms with Gasteiger partial charge in [0.1, 0.15) is 10.8 Å². The van der Waals surface area contributed by atoms with Gasteiger partial charge >= 0.3 is 0 Å². The third-order valence-electron chi connectivity index (χ3n) is 2.74. The van der Waals surface area contributed by atoms with E-state index in [4.69, 9.17) is 0 Å². The average molecular weight is 265 g/mol. The molecule has 0 spiro atoms. The zero-order chi connectivity index (χ0) is 11.7. The van der Waals surface area contributed by atoms with Gasteiger partial charge in [-0.25, -0.2) is 9.37 Å². The van der Waals surface area contributed by atoms with Crippen molar-refractivity contribution in [3.05, 3.63) is 46.2 Å². The van der Waals surface area contributed by atoms with E-state index in [9.17, 15) is 4.39 Å². The van der Waals surface area contributed by atoms with Gasteiger partial charge < -0.3 is 0 Å². The van der Waals surface area contributed by atoms with Gasteiger partial charge in [-0.3, -0.25) is 0 Å². The number of benzene rings is 1. The Labute approximate surface area is 108 Å². The quantitative estimate of drug-likeness (QED) is 0.757. The molecule has 1 aliphatic carbocycles. The fraction of sp³-hybridized carbons (Fsp3) is 0.308. The lowest BCUT2D eigenvalue weighted by molar-refractivity contribution is 0.626. The molecule has 88 valence electrons. The van der Waals surface area contributed by atoms with E-state index in [1.807, 2.05) is 12.1 Å². The summed E-state index contributed by atoms with van der Waals surface area (Å²) in [4.78, 5) is 5.72. The summed E-state index contributed by atoms with van der Waals surface area (Å²) in [6.45, 7) is 0. The Morgan fingerprint density at radius 2 is 2.06 bits per heavy atom. The molecule has 1 nitrogen and oxygen atoms in total. The standard InChI is InChI=1S/C13H12FNS2/c14-10-3-5-11(6-4-10)16-8-13-15-12(7-17-13)9-1-2-9/h3-7,9H,1-2,8H2. The summed E-state index contributed by atoms with van der Waals surface area (Å²) in [6, 6.07) is 6.63. The molecule has 1 heterocycles. The Bertz CT molecular complexity index is 502. The zero-order valence-electron chi connectivity index (χ0n) is 9.23. The van der Waals surface area contributed by atoms with Crippen molar-refractivity contribution in [3.8, 4) is 0 Å². The molecule has 0 saturated heterocycles. The van der Waals surface area contributed by atoms with E-state index in [0.29, 0.717) is 0 Å². The van der Waals surface area contributed by atoms with Crippen LogP contribution in [-0.4, -0.2) is 4.98 Å². The Hall–Kier alpha value is -0.870. The highest BCUT2D eigenvalue weighted by Crippen LogP contribution is 2.40. The van der Waals surface area contributed by atoms with Crippen LogP contribution in [0.2, 0.25) is 0 Å². The first-order chi connectivity index (χ1) is 8.31. The SMILES string of the molecule is Fc1ccc(SCc2nc(C3CC3)cs2)cc1. The van der Waals surface area contributed by atoms with E-state index in [1.165, 1.54) is 35.7 Å². The fourth-order valence-corrected chi connectivity index (χ4v) is 3.43. The zero-order valence-corrected chi connectivity index (χ0v) is 10.9. The number of hydrogen-bond donors (Lipinski definition) is 0. The van der Waals surface area contributed by atoms with Gasteiger partial charge in [0.2, 0.25) is 0 Å². The molecule has 1 aromatic carbocycles. The number of halogens is 1. The van der Waals surface area contributed by atoms with Gasteiger partial charge in [0, 0.05) is 16.2 Å². The van der Waals surface area contributed by atoms with Gasteiger partial charge in [-0.15, -0.1) is 23.1 Å². The first-order valence-electron chi connectivity index (χ1n) is 5.64. The molecule has 3 rings (SSSR count). The van der Waals surface area contributed by atoms with Crippen LogP contribution in [0.5, 0.6) is 0 Å². The van der Waals surface area contributed by atoms with Crippen molar-refractivity contribution in [1.82, 2.24) is 4.98 Å². The summed E-state index contributed by atoms with van der Waals surface area (Å²) in [7, 11) is 0. The largest absolute Gasteiger partial charge is 0.245 e. The third-order valence-corrected chi connectivity index (χ3v) is 4.81. The summed E-state index contributed by atoms with van der Waals surface area (Å²) in [6.07, 6.45) is 2.60. The van der Waals surface area contributed by atoms with Crippen LogP contribution >= 0.6 is 23.1 Å². The first kappa shape index (κ1) is 11.2. The van der Waals surface area contributed by atoms with Crippen molar-refractivity contribution in [2.75, 3.05) is 0 Å². The van der Waals surface area contributed by atoms with Crippen molar-refractivity contribution in [1.29, 1.82) is 0 Å². The van der Waals surface area contributed by atoms with Crippen molar-refractivity contribution >= 4 is 23.1 Å². The van der Waals surface area contributed by atoms with Crippen LogP contribution in [0.3, 0.4) is 0 Å². The summed E-state index contributed by atoms with van der Waals surface area (Å²) < 4.78 is 12.7. The maximum absolute atomic E-state index is 12.7. The number of thiazole rings is 1. The lowest BCUT2D eigenvalue weighted by atomic mass is 10.3. The lowest BCUT2D eigenvalue weighted by Gasteiger charge is -1.98. The molecule has 0 N–H and O–H groups in total. The summed E-state index contributed by atoms with van der Waals surface area (Å²) in [5, 5.41) is 3.35. The molecule has 2 aromatic rings. The molecule has 17 heavy (non-hydrogen) atoms. The van der Waals surface area contributed by atoms with E-state index in [1.54, 1.807) is 23.1 Å². The Kier molecular flexibility index (Phi) is 3.16. The van der Waals surface area contributed by atoms with Crippen LogP contribution in [0.1, 0.15) is 29.5 Å². The van der Waals surface area contributed by atoms with Crippen molar-refractivity contribution in [2.24, 2.45) is 0 Å². The Morgan fingerprint density at radius 3 is 2.76 bits per heavy atom. The average Bonchev–Trinajstić information content (AvgIpc) is 3.09. The maximum atomic E-state index is 12.7. The van der Waals surface area contributed by atoms with E-state index in [-0.39, 0.29) is 5.82 Å². The molecule has 1 aliphatic rings. The number of nitrogens with zero attached hydrogens (tertiary/aromatic N) is 1. The topological polar surface area (TPSA) is 12.9 Å². The number of aromatic nitrogens is 1. The van der Waals surface area contributed by atoms with Gasteiger partial charge in [0.15, 0.2) is 0 Å². The summed E-state index contributed by atoms with van der Waals surface area (Å²) >= 11 is 3.44. The monoisotopic (exact) mass is 265 g/mol. The second-order valence-electron chi connectivity index (χ2n) is 4.18. The molecular formula is C13H12FNS2. The smallest absolute Gasteiger partial charge is 0.123 e. The van der Waals surface area contributed by atoms with Gasteiger partial charge in [0.05, 0.1) is 11.4 Å². The predicted octanol–water partition coefficient (Wildman–Crippen LogP) is 4.45. The highest BCUT2D eigenvalue weighted by atomic mass is 32.2. The highest BCUT2D eigenvalue weighted by Gasteiger charge is 2.25. The van der Waals surface area contributed by atoms with E-state index in [0.717, 1.165) is 16.6 Å². The molecule has 4 heteroatoms. The molecular weight excluding hydrogens is 253 g/mol. The van der Waals surface area contributed by atoms with Gasteiger partial charge in [-0.1, -0.05) is 0 Å². The summed E-state index contributed by atoms with van der Waals surface area (Å²) in [5.41, 5.74) is 1.27. The van der Waals surface area contributed by atoms with E-state index >= 15 is 0 Å². The lowest BCUT2D eigenvalue weighted by Crippen LogP contribution is -1.82. The number of thioether (sulfide) groups is 1. The maximum Gasteiger partial charge on any atom is 0.123 e. The second kappa shape index (κ2) is 4.78. The van der Waals surface area contributed by atoms with Gasteiger partial charge in [-0.05, 0) is 37.1 Å². The molecule has 0 bridgehead atoms. The Morgan fingerprint density at radius 1 is 1.29 bits per heavy atom. The second-order valence-corrected chi connectivity index (χ2v) is 6.17. The number of hydrogen-bond acceptors (Lipinski definition) is 3. The van der Waals surface area contributed by atoms with Gasteiger partial charge in [0.25, 0.3) is 0 Å².